The van der Waals surface area contributed by atoms with E-state index in [4.69, 9.17) is 4.74 Å². The fraction of sp³-hybridized carbons (Fsp3) is 0.688. The zero-order valence-electron chi connectivity index (χ0n) is 13.1. The summed E-state index contributed by atoms with van der Waals surface area (Å²) >= 11 is 0. The summed E-state index contributed by atoms with van der Waals surface area (Å²) < 4.78 is 20.0. The molecule has 4 nitrogen and oxygen atoms in total. The molecule has 0 bridgehead atoms. The van der Waals surface area contributed by atoms with Crippen LogP contribution < -0.4 is 10.2 Å². The molecule has 2 rings (SSSR count). The van der Waals surface area contributed by atoms with Gasteiger partial charge in [0.25, 0.3) is 0 Å². The van der Waals surface area contributed by atoms with Gasteiger partial charge in [-0.05, 0) is 37.8 Å². The third-order valence-electron chi connectivity index (χ3n) is 3.68. The second-order valence-corrected chi connectivity index (χ2v) is 5.72. The van der Waals surface area contributed by atoms with Crippen molar-refractivity contribution in [2.24, 2.45) is 5.92 Å². The van der Waals surface area contributed by atoms with E-state index in [-0.39, 0.29) is 5.82 Å². The maximum absolute atomic E-state index is 14.4. The highest BCUT2D eigenvalue weighted by atomic mass is 19.1. The molecule has 0 unspecified atom stereocenters. The number of rotatable bonds is 10. The Morgan fingerprint density at radius 1 is 1.48 bits per heavy atom. The molecule has 1 aliphatic carbocycles. The molecule has 0 saturated heterocycles. The maximum atomic E-state index is 14.4. The van der Waals surface area contributed by atoms with Gasteiger partial charge in [0.15, 0.2) is 11.6 Å². The average molecular weight is 295 g/mol. The Morgan fingerprint density at radius 2 is 2.29 bits per heavy atom. The Hall–Kier alpha value is -1.20. The molecule has 0 spiro atoms. The standard InChI is InChI=1S/C16H26FN3O/c1-3-7-18-11-14-6-8-19-16(15(14)17)20(2)9-10-21-12-13-4-5-13/h6,8,13,18H,3-5,7,9-12H2,1-2H3. The van der Waals surface area contributed by atoms with Crippen LogP contribution in [0.3, 0.4) is 0 Å². The summed E-state index contributed by atoms with van der Waals surface area (Å²) in [7, 11) is 1.86. The van der Waals surface area contributed by atoms with Gasteiger partial charge >= 0.3 is 0 Å². The number of likely N-dealkylation sites (N-methyl/N-ethyl adjacent to an activating group) is 1. The van der Waals surface area contributed by atoms with E-state index in [9.17, 15) is 4.39 Å². The van der Waals surface area contributed by atoms with E-state index in [2.05, 4.69) is 17.2 Å². The SMILES string of the molecule is CCCNCc1ccnc(N(C)CCOCC2CC2)c1F. The van der Waals surface area contributed by atoms with Gasteiger partial charge in [0.05, 0.1) is 6.61 Å². The smallest absolute Gasteiger partial charge is 0.170 e. The van der Waals surface area contributed by atoms with Crippen LogP contribution in [0.15, 0.2) is 12.3 Å². The summed E-state index contributed by atoms with van der Waals surface area (Å²) in [6.45, 7) is 5.64. The third kappa shape index (κ3) is 5.25. The van der Waals surface area contributed by atoms with Gasteiger partial charge in [0.2, 0.25) is 0 Å². The molecule has 1 saturated carbocycles. The molecule has 118 valence electrons. The molecule has 0 aromatic carbocycles. The van der Waals surface area contributed by atoms with Crippen LogP contribution in [-0.2, 0) is 11.3 Å². The highest BCUT2D eigenvalue weighted by Gasteiger charge is 2.21. The van der Waals surface area contributed by atoms with E-state index in [1.165, 1.54) is 12.8 Å². The first-order chi connectivity index (χ1) is 10.2. The van der Waals surface area contributed by atoms with Gasteiger partial charge < -0.3 is 15.0 Å². The second kappa shape index (κ2) is 8.29. The van der Waals surface area contributed by atoms with Crippen molar-refractivity contribution in [2.75, 3.05) is 38.3 Å². The molecule has 1 aromatic heterocycles. The molecular formula is C16H26FN3O. The molecule has 1 heterocycles. The summed E-state index contributed by atoms with van der Waals surface area (Å²) in [5.41, 5.74) is 0.666. The van der Waals surface area contributed by atoms with Crippen molar-refractivity contribution in [2.45, 2.75) is 32.7 Å². The quantitative estimate of drug-likeness (QED) is 0.673. The second-order valence-electron chi connectivity index (χ2n) is 5.72. The van der Waals surface area contributed by atoms with E-state index in [1.807, 2.05) is 11.9 Å². The van der Waals surface area contributed by atoms with Crippen molar-refractivity contribution >= 4 is 5.82 Å². The van der Waals surface area contributed by atoms with Crippen molar-refractivity contribution in [3.8, 4) is 0 Å². The highest BCUT2D eigenvalue weighted by molar-refractivity contribution is 5.42. The predicted octanol–water partition coefficient (Wildman–Crippen LogP) is 2.58. The van der Waals surface area contributed by atoms with Gasteiger partial charge in [-0.3, -0.25) is 0 Å². The number of nitrogens with one attached hydrogen (secondary N) is 1. The van der Waals surface area contributed by atoms with Gasteiger partial charge in [0, 0.05) is 38.5 Å². The van der Waals surface area contributed by atoms with Crippen molar-refractivity contribution in [3.63, 3.8) is 0 Å². The van der Waals surface area contributed by atoms with Crippen LogP contribution in [0.1, 0.15) is 31.7 Å². The van der Waals surface area contributed by atoms with Crippen molar-refractivity contribution in [1.29, 1.82) is 0 Å². The molecule has 21 heavy (non-hydrogen) atoms. The largest absolute Gasteiger partial charge is 0.379 e. The van der Waals surface area contributed by atoms with Gasteiger partial charge in [-0.25, -0.2) is 9.37 Å². The lowest BCUT2D eigenvalue weighted by Gasteiger charge is -2.20. The Bertz CT molecular complexity index is 438. The van der Waals surface area contributed by atoms with Crippen LogP contribution in [0.4, 0.5) is 10.2 Å². The number of hydrogen-bond donors (Lipinski definition) is 1. The summed E-state index contributed by atoms with van der Waals surface area (Å²) in [5, 5.41) is 3.22. The summed E-state index contributed by atoms with van der Waals surface area (Å²) in [6.07, 6.45) is 5.29. The van der Waals surface area contributed by atoms with Crippen LogP contribution >= 0.6 is 0 Å². The number of halogens is 1. The molecule has 0 radical (unpaired) electrons. The zero-order valence-corrected chi connectivity index (χ0v) is 13.1. The Morgan fingerprint density at radius 3 is 3.00 bits per heavy atom. The first-order valence-corrected chi connectivity index (χ1v) is 7.85. The van der Waals surface area contributed by atoms with Crippen LogP contribution in [0, 0.1) is 11.7 Å². The summed E-state index contributed by atoms with van der Waals surface area (Å²) in [5.74, 6) is 0.935. The number of aromatic nitrogens is 1. The average Bonchev–Trinajstić information content (AvgIpc) is 3.29. The third-order valence-corrected chi connectivity index (χ3v) is 3.68. The predicted molar refractivity (Wildman–Crippen MR) is 83.0 cm³/mol. The van der Waals surface area contributed by atoms with E-state index in [0.717, 1.165) is 25.5 Å². The van der Waals surface area contributed by atoms with E-state index < -0.39 is 0 Å². The Kier molecular flexibility index (Phi) is 6.39. The summed E-state index contributed by atoms with van der Waals surface area (Å²) in [6, 6.07) is 1.74. The molecule has 0 amide bonds. The van der Waals surface area contributed by atoms with Gasteiger partial charge in [-0.1, -0.05) is 6.92 Å². The molecule has 1 aromatic rings. The van der Waals surface area contributed by atoms with E-state index >= 15 is 0 Å². The van der Waals surface area contributed by atoms with Gasteiger partial charge in [-0.15, -0.1) is 0 Å². The lowest BCUT2D eigenvalue weighted by molar-refractivity contribution is 0.130. The fourth-order valence-corrected chi connectivity index (χ4v) is 2.12. The first kappa shape index (κ1) is 16.2. The summed E-state index contributed by atoms with van der Waals surface area (Å²) in [4.78, 5) is 5.99. The molecule has 1 aliphatic rings. The van der Waals surface area contributed by atoms with Crippen LogP contribution in [0.5, 0.6) is 0 Å². The maximum Gasteiger partial charge on any atom is 0.170 e. The lowest BCUT2D eigenvalue weighted by Crippen LogP contribution is -2.26. The minimum Gasteiger partial charge on any atom is -0.379 e. The number of nitrogens with zero attached hydrogens (tertiary/aromatic N) is 2. The molecule has 0 atom stereocenters. The lowest BCUT2D eigenvalue weighted by atomic mass is 10.2. The highest BCUT2D eigenvalue weighted by Crippen LogP contribution is 2.28. The monoisotopic (exact) mass is 295 g/mol. The Labute approximate surface area is 126 Å². The van der Waals surface area contributed by atoms with Crippen LogP contribution in [0.2, 0.25) is 0 Å². The van der Waals surface area contributed by atoms with Gasteiger partial charge in [0.1, 0.15) is 0 Å². The van der Waals surface area contributed by atoms with Crippen molar-refractivity contribution in [3.05, 3.63) is 23.6 Å². The van der Waals surface area contributed by atoms with Crippen molar-refractivity contribution in [1.82, 2.24) is 10.3 Å². The normalized spacial score (nSPS) is 14.4. The molecule has 1 N–H and O–H groups in total. The van der Waals surface area contributed by atoms with E-state index in [1.54, 1.807) is 12.3 Å². The Balaban J connectivity index is 1.83. The molecule has 1 fully saturated rings. The number of ether oxygens (including phenoxy) is 1. The van der Waals surface area contributed by atoms with Crippen LogP contribution in [0.25, 0.3) is 0 Å². The number of anilines is 1. The number of hydrogen-bond acceptors (Lipinski definition) is 4. The molecule has 5 heteroatoms. The van der Waals surface area contributed by atoms with E-state index in [0.29, 0.717) is 31.1 Å². The molecular weight excluding hydrogens is 269 g/mol. The van der Waals surface area contributed by atoms with Crippen molar-refractivity contribution < 1.29 is 9.13 Å². The fourth-order valence-electron chi connectivity index (χ4n) is 2.12. The zero-order chi connectivity index (χ0) is 15.1. The number of pyridine rings is 1. The molecule has 0 aliphatic heterocycles. The first-order valence-electron chi connectivity index (χ1n) is 7.85. The minimum absolute atomic E-state index is 0.231. The van der Waals surface area contributed by atoms with Gasteiger partial charge in [-0.2, -0.15) is 0 Å². The van der Waals surface area contributed by atoms with Crippen LogP contribution in [-0.4, -0.2) is 38.3 Å². The minimum atomic E-state index is -0.231. The topological polar surface area (TPSA) is 37.4 Å².